The molecule has 1 N–H and O–H groups in total. The Labute approximate surface area is 114 Å². The van der Waals surface area contributed by atoms with Gasteiger partial charge in [0.05, 0.1) is 7.11 Å². The second kappa shape index (κ2) is 5.36. The molecular formula is C13H13FN2O2S. The number of aryl methyl sites for hydroxylation is 1. The maximum absolute atomic E-state index is 13.4. The highest BCUT2D eigenvalue weighted by molar-refractivity contribution is 7.15. The molecule has 0 atom stereocenters. The molecule has 1 aromatic carbocycles. The first-order chi connectivity index (χ1) is 9.02. The van der Waals surface area contributed by atoms with Gasteiger partial charge in [-0.15, -0.1) is 11.3 Å². The zero-order valence-electron chi connectivity index (χ0n) is 10.8. The minimum Gasteiger partial charge on any atom is -0.464 e. The summed E-state index contributed by atoms with van der Waals surface area (Å²) in [4.78, 5) is 16.4. The molecule has 4 nitrogen and oxygen atoms in total. The molecule has 100 valence electrons. The predicted molar refractivity (Wildman–Crippen MR) is 72.6 cm³/mol. The van der Waals surface area contributed by atoms with Crippen molar-refractivity contribution < 1.29 is 13.9 Å². The van der Waals surface area contributed by atoms with E-state index in [2.05, 4.69) is 15.0 Å². The van der Waals surface area contributed by atoms with Crippen LogP contribution in [-0.4, -0.2) is 18.1 Å². The third-order valence-corrected chi connectivity index (χ3v) is 3.57. The molecule has 0 aliphatic rings. The summed E-state index contributed by atoms with van der Waals surface area (Å²) >= 11 is 1.32. The van der Waals surface area contributed by atoms with E-state index in [0.717, 1.165) is 4.88 Å². The van der Waals surface area contributed by atoms with Crippen LogP contribution in [0.2, 0.25) is 0 Å². The number of anilines is 2. The average Bonchev–Trinajstić information content (AvgIpc) is 2.75. The van der Waals surface area contributed by atoms with Crippen LogP contribution in [0.1, 0.15) is 20.9 Å². The molecule has 2 aromatic rings. The molecule has 19 heavy (non-hydrogen) atoms. The Morgan fingerprint density at radius 1 is 1.42 bits per heavy atom. The van der Waals surface area contributed by atoms with E-state index in [1.54, 1.807) is 26.0 Å². The van der Waals surface area contributed by atoms with Gasteiger partial charge in [-0.1, -0.05) is 6.07 Å². The average molecular weight is 280 g/mol. The first-order valence-electron chi connectivity index (χ1n) is 5.60. The summed E-state index contributed by atoms with van der Waals surface area (Å²) in [5.41, 5.74) is 1.42. The lowest BCUT2D eigenvalue weighted by Crippen LogP contribution is -2.03. The van der Waals surface area contributed by atoms with Crippen molar-refractivity contribution in [2.24, 2.45) is 0 Å². The molecule has 0 bridgehead atoms. The molecule has 6 heteroatoms. The van der Waals surface area contributed by atoms with Crippen LogP contribution >= 0.6 is 11.3 Å². The minimum atomic E-state index is -0.474. The fourth-order valence-corrected chi connectivity index (χ4v) is 2.41. The number of hydrogen-bond acceptors (Lipinski definition) is 5. The van der Waals surface area contributed by atoms with Gasteiger partial charge in [-0.25, -0.2) is 14.2 Å². The Hall–Kier alpha value is -1.95. The molecular weight excluding hydrogens is 267 g/mol. The summed E-state index contributed by atoms with van der Waals surface area (Å²) in [6.07, 6.45) is 0. The maximum Gasteiger partial charge on any atom is 0.357 e. The fourth-order valence-electron chi connectivity index (χ4n) is 1.59. The summed E-state index contributed by atoms with van der Waals surface area (Å²) in [5.74, 6) is -0.760. The van der Waals surface area contributed by atoms with Crippen LogP contribution < -0.4 is 5.32 Å². The van der Waals surface area contributed by atoms with Gasteiger partial charge in [0.2, 0.25) is 0 Å². The second-order valence-electron chi connectivity index (χ2n) is 3.95. The van der Waals surface area contributed by atoms with Gasteiger partial charge >= 0.3 is 5.97 Å². The molecule has 0 amide bonds. The van der Waals surface area contributed by atoms with Gasteiger partial charge in [-0.2, -0.15) is 0 Å². The Balaban J connectivity index is 2.29. The highest BCUT2D eigenvalue weighted by Gasteiger charge is 2.16. The number of benzene rings is 1. The molecule has 0 aliphatic heterocycles. The van der Waals surface area contributed by atoms with E-state index in [0.29, 0.717) is 16.4 Å². The Morgan fingerprint density at radius 3 is 2.84 bits per heavy atom. The molecule has 0 saturated carbocycles. The second-order valence-corrected chi connectivity index (χ2v) is 5.16. The number of carbonyl (C=O) groups excluding carboxylic acids is 1. The molecule has 0 unspecified atom stereocenters. The third-order valence-electron chi connectivity index (χ3n) is 2.68. The van der Waals surface area contributed by atoms with Crippen molar-refractivity contribution in [3.05, 3.63) is 40.2 Å². The number of methoxy groups -OCH3 is 1. The van der Waals surface area contributed by atoms with Crippen LogP contribution in [0.15, 0.2) is 18.2 Å². The van der Waals surface area contributed by atoms with Crippen LogP contribution in [0.5, 0.6) is 0 Å². The van der Waals surface area contributed by atoms with Gasteiger partial charge in [-0.3, -0.25) is 0 Å². The summed E-state index contributed by atoms with van der Waals surface area (Å²) in [5, 5.41) is 3.55. The SMILES string of the molecule is COC(=O)c1nc(Nc2cccc(F)c2C)sc1C. The van der Waals surface area contributed by atoms with Crippen molar-refractivity contribution in [1.29, 1.82) is 0 Å². The zero-order chi connectivity index (χ0) is 14.0. The largest absolute Gasteiger partial charge is 0.464 e. The van der Waals surface area contributed by atoms with Crippen LogP contribution in [0.4, 0.5) is 15.2 Å². The van der Waals surface area contributed by atoms with E-state index >= 15 is 0 Å². The summed E-state index contributed by atoms with van der Waals surface area (Å²) in [7, 11) is 1.31. The van der Waals surface area contributed by atoms with E-state index in [1.165, 1.54) is 24.5 Å². The number of esters is 1. The highest BCUT2D eigenvalue weighted by Crippen LogP contribution is 2.28. The van der Waals surface area contributed by atoms with Gasteiger partial charge in [-0.05, 0) is 26.0 Å². The minimum absolute atomic E-state index is 0.282. The van der Waals surface area contributed by atoms with Crippen LogP contribution in [0.25, 0.3) is 0 Å². The molecule has 0 spiro atoms. The molecule has 0 radical (unpaired) electrons. The number of hydrogen-bond donors (Lipinski definition) is 1. The van der Waals surface area contributed by atoms with E-state index in [9.17, 15) is 9.18 Å². The van der Waals surface area contributed by atoms with Crippen LogP contribution in [0, 0.1) is 19.7 Å². The number of aromatic nitrogens is 1. The Morgan fingerprint density at radius 2 is 2.16 bits per heavy atom. The van der Waals surface area contributed by atoms with Crippen molar-refractivity contribution in [2.45, 2.75) is 13.8 Å². The maximum atomic E-state index is 13.4. The first kappa shape index (κ1) is 13.5. The summed E-state index contributed by atoms with van der Waals surface area (Å²) in [6, 6.07) is 4.77. The quantitative estimate of drug-likeness (QED) is 0.875. The van der Waals surface area contributed by atoms with E-state index < -0.39 is 5.97 Å². The Kier molecular flexibility index (Phi) is 3.80. The zero-order valence-corrected chi connectivity index (χ0v) is 11.6. The number of halogens is 1. The summed E-state index contributed by atoms with van der Waals surface area (Å²) in [6.45, 7) is 3.47. The third kappa shape index (κ3) is 2.73. The van der Waals surface area contributed by atoms with Gasteiger partial charge in [0.15, 0.2) is 10.8 Å². The summed E-state index contributed by atoms with van der Waals surface area (Å²) < 4.78 is 18.1. The number of thiazole rings is 1. The highest BCUT2D eigenvalue weighted by atomic mass is 32.1. The number of carbonyl (C=O) groups is 1. The normalized spacial score (nSPS) is 10.3. The first-order valence-corrected chi connectivity index (χ1v) is 6.42. The van der Waals surface area contributed by atoms with Crippen molar-refractivity contribution in [1.82, 2.24) is 4.98 Å². The number of nitrogens with zero attached hydrogens (tertiary/aromatic N) is 1. The molecule has 0 fully saturated rings. The fraction of sp³-hybridized carbons (Fsp3) is 0.231. The topological polar surface area (TPSA) is 51.2 Å². The van der Waals surface area contributed by atoms with E-state index in [1.807, 2.05) is 0 Å². The molecule has 0 aliphatic carbocycles. The van der Waals surface area contributed by atoms with Gasteiger partial charge in [0, 0.05) is 16.1 Å². The number of rotatable bonds is 3. The van der Waals surface area contributed by atoms with Crippen molar-refractivity contribution in [3.8, 4) is 0 Å². The lowest BCUT2D eigenvalue weighted by molar-refractivity contribution is 0.0594. The van der Waals surface area contributed by atoms with E-state index in [4.69, 9.17) is 0 Å². The predicted octanol–water partition coefficient (Wildman–Crippen LogP) is 3.43. The van der Waals surface area contributed by atoms with Crippen LogP contribution in [0.3, 0.4) is 0 Å². The van der Waals surface area contributed by atoms with Crippen molar-refractivity contribution >= 4 is 28.1 Å². The molecule has 1 heterocycles. The van der Waals surface area contributed by atoms with Gasteiger partial charge in [0.1, 0.15) is 5.82 Å². The number of nitrogens with one attached hydrogen (secondary N) is 1. The van der Waals surface area contributed by atoms with Gasteiger partial charge in [0.25, 0.3) is 0 Å². The van der Waals surface area contributed by atoms with Gasteiger partial charge < -0.3 is 10.1 Å². The Bertz CT molecular complexity index is 625. The monoisotopic (exact) mass is 280 g/mol. The number of ether oxygens (including phenoxy) is 1. The van der Waals surface area contributed by atoms with Crippen molar-refractivity contribution in [3.63, 3.8) is 0 Å². The van der Waals surface area contributed by atoms with Crippen LogP contribution in [-0.2, 0) is 4.74 Å². The van der Waals surface area contributed by atoms with E-state index in [-0.39, 0.29) is 11.5 Å². The lowest BCUT2D eigenvalue weighted by atomic mass is 10.2. The molecule has 2 rings (SSSR count). The standard InChI is InChI=1S/C13H13FN2O2S/c1-7-9(14)5-4-6-10(7)15-13-16-11(8(2)19-13)12(17)18-3/h4-6H,1-3H3,(H,15,16). The lowest BCUT2D eigenvalue weighted by Gasteiger charge is -2.06. The molecule has 0 saturated heterocycles. The molecule has 1 aromatic heterocycles. The smallest absolute Gasteiger partial charge is 0.357 e. The van der Waals surface area contributed by atoms with Crippen molar-refractivity contribution in [2.75, 3.05) is 12.4 Å².